The van der Waals surface area contributed by atoms with E-state index in [0.29, 0.717) is 17.8 Å². The van der Waals surface area contributed by atoms with Crippen LogP contribution in [0.15, 0.2) is 30.5 Å². The fraction of sp³-hybridized carbons (Fsp3) is 0.519. The van der Waals surface area contributed by atoms with Crippen LogP contribution >= 0.6 is 0 Å². The molecule has 0 saturated heterocycles. The minimum atomic E-state index is -0.994. The molecule has 0 aliphatic carbocycles. The third kappa shape index (κ3) is 10.8. The molecule has 2 rings (SSSR count). The highest BCUT2D eigenvalue weighted by atomic mass is 16.6. The quantitative estimate of drug-likeness (QED) is 0.405. The van der Waals surface area contributed by atoms with Gasteiger partial charge in [0.15, 0.2) is 0 Å². The van der Waals surface area contributed by atoms with Crippen molar-refractivity contribution in [2.75, 3.05) is 11.5 Å². The summed E-state index contributed by atoms with van der Waals surface area (Å²) in [4.78, 5) is 45.7. The number of amides is 1. The number of nitrogens with two attached hydrogens (primary N) is 2. The summed E-state index contributed by atoms with van der Waals surface area (Å²) in [7, 11) is 0. The highest BCUT2D eigenvalue weighted by Gasteiger charge is 2.28. The van der Waals surface area contributed by atoms with E-state index in [1.54, 1.807) is 59.9 Å². The van der Waals surface area contributed by atoms with Crippen LogP contribution in [0.4, 0.5) is 11.8 Å². The lowest BCUT2D eigenvalue weighted by molar-refractivity contribution is -0.158. The van der Waals surface area contributed by atoms with Crippen LogP contribution in [0.3, 0.4) is 0 Å². The minimum Gasteiger partial charge on any atom is -0.460 e. The van der Waals surface area contributed by atoms with E-state index in [4.69, 9.17) is 20.9 Å². The van der Waals surface area contributed by atoms with Gasteiger partial charge in [-0.3, -0.25) is 9.59 Å². The largest absolute Gasteiger partial charge is 0.460 e. The topological polar surface area (TPSA) is 160 Å². The van der Waals surface area contributed by atoms with Gasteiger partial charge in [-0.15, -0.1) is 0 Å². The Hall–Kier alpha value is -3.69. The summed E-state index contributed by atoms with van der Waals surface area (Å²) < 4.78 is 10.8. The Morgan fingerprint density at radius 3 is 2.14 bits per heavy atom. The van der Waals surface area contributed by atoms with Crippen molar-refractivity contribution < 1.29 is 23.9 Å². The number of ether oxygens (including phenoxy) is 2. The van der Waals surface area contributed by atoms with Gasteiger partial charge in [0.25, 0.3) is 5.91 Å². The molecule has 0 aliphatic rings. The maximum atomic E-state index is 12.9. The molecule has 0 saturated carbocycles. The number of aromatic nitrogens is 2. The normalized spacial score (nSPS) is 12.5. The lowest BCUT2D eigenvalue weighted by atomic mass is 10.0. The van der Waals surface area contributed by atoms with Crippen molar-refractivity contribution in [2.24, 2.45) is 0 Å². The first kappa shape index (κ1) is 29.5. The van der Waals surface area contributed by atoms with E-state index in [9.17, 15) is 14.4 Å². The Bertz CT molecular complexity index is 1090. The maximum Gasteiger partial charge on any atom is 0.329 e. The number of hydrogen-bond donors (Lipinski definition) is 3. The van der Waals surface area contributed by atoms with Gasteiger partial charge >= 0.3 is 11.9 Å². The Morgan fingerprint density at radius 2 is 1.57 bits per heavy atom. The highest BCUT2D eigenvalue weighted by Crippen LogP contribution is 2.16. The van der Waals surface area contributed by atoms with Gasteiger partial charge in [-0.1, -0.05) is 12.1 Å². The number of esters is 2. The van der Waals surface area contributed by atoms with Crippen LogP contribution in [0.25, 0.3) is 0 Å². The molecular weight excluding hydrogens is 474 g/mol. The van der Waals surface area contributed by atoms with Crippen molar-refractivity contribution in [3.63, 3.8) is 0 Å². The second-order valence-electron chi connectivity index (χ2n) is 10.9. The molecule has 0 spiro atoms. The van der Waals surface area contributed by atoms with Crippen LogP contribution in [0, 0.1) is 0 Å². The van der Waals surface area contributed by atoms with Crippen LogP contribution in [0.5, 0.6) is 0 Å². The van der Waals surface area contributed by atoms with Crippen molar-refractivity contribution >= 4 is 29.6 Å². The van der Waals surface area contributed by atoms with Gasteiger partial charge < -0.3 is 26.3 Å². The number of aryl methyl sites for hydroxylation is 2. The molecule has 0 bridgehead atoms. The predicted molar refractivity (Wildman–Crippen MR) is 142 cm³/mol. The second-order valence-corrected chi connectivity index (χ2v) is 10.9. The summed E-state index contributed by atoms with van der Waals surface area (Å²) in [5, 5.41) is 2.71. The average Bonchev–Trinajstić information content (AvgIpc) is 2.76. The number of nitrogen functional groups attached to an aromatic ring is 2. The SMILES string of the molecule is CC(C)(C)OC(=O)CC[C@H](NC(=O)c1ccc(CCCc2cnc(N)nc2N)cc1)C(=O)OC(C)(C)C. The highest BCUT2D eigenvalue weighted by molar-refractivity contribution is 5.97. The zero-order valence-electron chi connectivity index (χ0n) is 22.6. The molecular formula is C27H39N5O5. The van der Waals surface area contributed by atoms with Crippen LogP contribution in [-0.4, -0.2) is 45.1 Å². The number of hydrogen-bond acceptors (Lipinski definition) is 9. The van der Waals surface area contributed by atoms with Crippen molar-refractivity contribution in [3.05, 3.63) is 47.2 Å². The first-order valence-corrected chi connectivity index (χ1v) is 12.3. The number of nitrogens with zero attached hydrogens (tertiary/aromatic N) is 2. The van der Waals surface area contributed by atoms with E-state index in [0.717, 1.165) is 24.0 Å². The molecule has 0 unspecified atom stereocenters. The summed E-state index contributed by atoms with van der Waals surface area (Å²) in [5.41, 5.74) is 12.3. The molecule has 0 aliphatic heterocycles. The number of nitrogens with one attached hydrogen (secondary N) is 1. The van der Waals surface area contributed by atoms with Crippen molar-refractivity contribution in [2.45, 2.75) is 90.9 Å². The number of benzene rings is 1. The molecule has 1 amide bonds. The van der Waals surface area contributed by atoms with E-state index in [1.165, 1.54) is 0 Å². The lowest BCUT2D eigenvalue weighted by Crippen LogP contribution is -2.44. The van der Waals surface area contributed by atoms with Crippen LogP contribution in [0.2, 0.25) is 0 Å². The van der Waals surface area contributed by atoms with Crippen LogP contribution < -0.4 is 16.8 Å². The molecule has 10 nitrogen and oxygen atoms in total. The summed E-state index contributed by atoms with van der Waals surface area (Å²) >= 11 is 0. The molecule has 10 heteroatoms. The Labute approximate surface area is 218 Å². The fourth-order valence-electron chi connectivity index (χ4n) is 3.45. The van der Waals surface area contributed by atoms with Crippen molar-refractivity contribution in [1.29, 1.82) is 0 Å². The third-order valence-corrected chi connectivity index (χ3v) is 5.10. The summed E-state index contributed by atoms with van der Waals surface area (Å²) in [6.07, 6.45) is 3.94. The monoisotopic (exact) mass is 513 g/mol. The first-order chi connectivity index (χ1) is 17.1. The number of carbonyl (C=O) groups is 3. The van der Waals surface area contributed by atoms with Gasteiger partial charge in [0, 0.05) is 23.7 Å². The zero-order valence-corrected chi connectivity index (χ0v) is 22.6. The van der Waals surface area contributed by atoms with Crippen LogP contribution in [0.1, 0.15) is 82.3 Å². The first-order valence-electron chi connectivity index (χ1n) is 12.3. The van der Waals surface area contributed by atoms with Gasteiger partial charge in [0.1, 0.15) is 23.1 Å². The minimum absolute atomic E-state index is 0.0377. The van der Waals surface area contributed by atoms with Gasteiger partial charge in [-0.2, -0.15) is 4.98 Å². The number of carbonyl (C=O) groups excluding carboxylic acids is 3. The smallest absolute Gasteiger partial charge is 0.329 e. The zero-order chi connectivity index (χ0) is 27.8. The lowest BCUT2D eigenvalue weighted by Gasteiger charge is -2.25. The molecule has 0 fully saturated rings. The standard InChI is InChI=1S/C27H39N5O5/c1-26(2,3)36-21(33)15-14-20(24(35)37-27(4,5)6)31-23(34)18-12-10-17(11-13-18)8-7-9-19-16-30-25(29)32-22(19)28/h10-13,16,20H,7-9,14-15H2,1-6H3,(H,31,34)(H4,28,29,30,32)/t20-/m0/s1. The van der Waals surface area contributed by atoms with E-state index in [-0.39, 0.29) is 18.8 Å². The molecule has 1 atom stereocenters. The van der Waals surface area contributed by atoms with E-state index < -0.39 is 35.1 Å². The average molecular weight is 514 g/mol. The third-order valence-electron chi connectivity index (χ3n) is 5.10. The van der Waals surface area contributed by atoms with Gasteiger partial charge in [-0.25, -0.2) is 9.78 Å². The number of rotatable bonds is 10. The van der Waals surface area contributed by atoms with Crippen molar-refractivity contribution in [1.82, 2.24) is 15.3 Å². The summed E-state index contributed by atoms with van der Waals surface area (Å²) in [5.74, 6) is -0.961. The molecule has 2 aromatic rings. The molecule has 5 N–H and O–H groups in total. The molecule has 202 valence electrons. The van der Waals surface area contributed by atoms with Gasteiger partial charge in [0.2, 0.25) is 5.95 Å². The molecule has 0 radical (unpaired) electrons. The Morgan fingerprint density at radius 1 is 0.946 bits per heavy atom. The van der Waals surface area contributed by atoms with Gasteiger partial charge in [0.05, 0.1) is 0 Å². The fourth-order valence-corrected chi connectivity index (χ4v) is 3.45. The molecule has 1 aromatic heterocycles. The van der Waals surface area contributed by atoms with E-state index in [2.05, 4.69) is 15.3 Å². The molecule has 1 aromatic carbocycles. The van der Waals surface area contributed by atoms with Gasteiger partial charge in [-0.05, 0) is 84.9 Å². The van der Waals surface area contributed by atoms with E-state index >= 15 is 0 Å². The summed E-state index contributed by atoms with van der Waals surface area (Å²) in [6, 6.07) is 6.13. The van der Waals surface area contributed by atoms with Crippen LogP contribution in [-0.2, 0) is 31.9 Å². The van der Waals surface area contributed by atoms with Crippen molar-refractivity contribution in [3.8, 4) is 0 Å². The Kier molecular flexibility index (Phi) is 9.99. The van der Waals surface area contributed by atoms with E-state index in [1.807, 2.05) is 12.1 Å². The maximum absolute atomic E-state index is 12.9. The number of anilines is 2. The Balaban J connectivity index is 1.98. The summed E-state index contributed by atoms with van der Waals surface area (Å²) in [6.45, 7) is 10.5. The predicted octanol–water partition coefficient (Wildman–Crippen LogP) is 3.38. The second kappa shape index (κ2) is 12.5. The molecule has 1 heterocycles. The molecule has 37 heavy (non-hydrogen) atoms.